The Morgan fingerprint density at radius 1 is 1.23 bits per heavy atom. The van der Waals surface area contributed by atoms with Crippen molar-refractivity contribution in [3.63, 3.8) is 0 Å². The topological polar surface area (TPSA) is 206 Å². The summed E-state index contributed by atoms with van der Waals surface area (Å²) in [7, 11) is -1.66. The molecule has 0 saturated carbocycles. The van der Waals surface area contributed by atoms with Gasteiger partial charge in [0.2, 0.25) is 5.91 Å². The van der Waals surface area contributed by atoms with Crippen LogP contribution in [0.3, 0.4) is 0 Å². The van der Waals surface area contributed by atoms with Gasteiger partial charge >= 0.3 is 30.9 Å². The van der Waals surface area contributed by atoms with Crippen LogP contribution < -0.4 is 15.3 Å². The number of nitrogens with one attached hydrogen (secondary N) is 2. The molecular formula is C20H25BN4O10. The molecule has 14 nitrogen and oxygen atoms in total. The summed E-state index contributed by atoms with van der Waals surface area (Å²) in [5.74, 6) is -5.42. The number of carbonyl (C=O) groups is 5. The van der Waals surface area contributed by atoms with Gasteiger partial charge < -0.3 is 40.5 Å². The van der Waals surface area contributed by atoms with Gasteiger partial charge in [0.15, 0.2) is 0 Å². The van der Waals surface area contributed by atoms with Crippen molar-refractivity contribution >= 4 is 36.8 Å². The molecule has 5 amide bonds. The van der Waals surface area contributed by atoms with Crippen molar-refractivity contribution in [2.24, 2.45) is 0 Å². The Morgan fingerprint density at radius 3 is 2.57 bits per heavy atom. The molecule has 188 valence electrons. The van der Waals surface area contributed by atoms with E-state index in [-0.39, 0.29) is 37.4 Å². The van der Waals surface area contributed by atoms with Crippen LogP contribution in [-0.4, -0.2) is 111 Å². The third-order valence-corrected chi connectivity index (χ3v) is 5.75. The Labute approximate surface area is 199 Å². The average molecular weight is 492 g/mol. The number of benzene rings is 1. The van der Waals surface area contributed by atoms with Crippen LogP contribution in [0.2, 0.25) is 0 Å². The maximum Gasteiger partial charge on any atom is 0.547 e. The lowest BCUT2D eigenvalue weighted by molar-refractivity contribution is -0.153. The summed E-state index contributed by atoms with van der Waals surface area (Å²) in [4.78, 5) is 63.0. The number of piperazine rings is 1. The second kappa shape index (κ2) is 10.7. The molecule has 0 radical (unpaired) electrons. The number of imide groups is 1. The normalized spacial score (nSPS) is 19.4. The van der Waals surface area contributed by atoms with Gasteiger partial charge in [0.05, 0.1) is 18.1 Å². The summed E-state index contributed by atoms with van der Waals surface area (Å²) in [6.45, 7) is 0.979. The van der Waals surface area contributed by atoms with Crippen molar-refractivity contribution in [2.45, 2.75) is 31.4 Å². The molecule has 15 heteroatoms. The molecule has 0 aliphatic carbocycles. The molecule has 2 aliphatic rings. The number of carboxylic acids is 1. The van der Waals surface area contributed by atoms with Crippen LogP contribution in [0.4, 0.5) is 4.79 Å². The van der Waals surface area contributed by atoms with Crippen LogP contribution in [0.1, 0.15) is 22.8 Å². The summed E-state index contributed by atoms with van der Waals surface area (Å²) in [6, 6.07) is 1.44. The standard InChI is InChI=1S/C20H25BN4O10/c1-2-24-6-7-25(18(30)17(24)29)20(33)23-14(12(27)9-26)16(28)22-13-8-10-4-3-5-11(19(31)32)15(10)35-21(13)34/h3-5,12-14,26-27,34H,2,6-9H2,1H3,(H,22,28)(H,23,33)(H,31,32)/t12?,13-,14?/m0/s1. The lowest BCUT2D eigenvalue weighted by Gasteiger charge is -2.34. The van der Waals surface area contributed by atoms with E-state index in [0.29, 0.717) is 10.5 Å². The molecule has 2 heterocycles. The first-order valence-corrected chi connectivity index (χ1v) is 10.8. The number of rotatable bonds is 7. The lowest BCUT2D eigenvalue weighted by atomic mass is 9.72. The number of nitrogens with zero attached hydrogens (tertiary/aromatic N) is 2. The van der Waals surface area contributed by atoms with Gasteiger partial charge in [0.1, 0.15) is 17.9 Å². The van der Waals surface area contributed by atoms with Crippen LogP contribution in [0, 0.1) is 0 Å². The van der Waals surface area contributed by atoms with Crippen LogP contribution in [-0.2, 0) is 20.8 Å². The van der Waals surface area contributed by atoms with Crippen molar-refractivity contribution in [1.29, 1.82) is 0 Å². The number of urea groups is 1. The minimum Gasteiger partial charge on any atom is -0.534 e. The highest BCUT2D eigenvalue weighted by Crippen LogP contribution is 2.30. The van der Waals surface area contributed by atoms with Crippen molar-refractivity contribution in [3.8, 4) is 5.75 Å². The zero-order valence-corrected chi connectivity index (χ0v) is 18.7. The number of aliphatic hydroxyl groups is 2. The van der Waals surface area contributed by atoms with E-state index in [1.807, 2.05) is 0 Å². The smallest absolute Gasteiger partial charge is 0.534 e. The number of carboxylic acid groups (broad SMARTS) is 1. The van der Waals surface area contributed by atoms with Crippen LogP contribution in [0.5, 0.6) is 5.75 Å². The van der Waals surface area contributed by atoms with E-state index in [1.165, 1.54) is 17.0 Å². The van der Waals surface area contributed by atoms with Crippen molar-refractivity contribution in [1.82, 2.24) is 20.4 Å². The number of hydrogen-bond acceptors (Lipinski definition) is 9. The Kier molecular flexibility index (Phi) is 7.94. The highest BCUT2D eigenvalue weighted by atomic mass is 16.5. The molecule has 3 atom stereocenters. The van der Waals surface area contributed by atoms with Crippen LogP contribution >= 0.6 is 0 Å². The van der Waals surface area contributed by atoms with Crippen molar-refractivity contribution in [2.75, 3.05) is 26.2 Å². The maximum absolute atomic E-state index is 12.9. The molecule has 2 aliphatic heterocycles. The van der Waals surface area contributed by atoms with E-state index in [0.717, 1.165) is 0 Å². The molecular weight excluding hydrogens is 467 g/mol. The van der Waals surface area contributed by atoms with Gasteiger partial charge in [-0.2, -0.15) is 0 Å². The van der Waals surface area contributed by atoms with Crippen molar-refractivity contribution < 1.29 is 49.0 Å². The zero-order chi connectivity index (χ0) is 25.9. The maximum atomic E-state index is 12.9. The molecule has 0 spiro atoms. The fourth-order valence-electron chi connectivity index (χ4n) is 3.81. The van der Waals surface area contributed by atoms with E-state index < -0.39 is 61.5 Å². The van der Waals surface area contributed by atoms with Crippen LogP contribution in [0.15, 0.2) is 18.2 Å². The molecule has 35 heavy (non-hydrogen) atoms. The summed E-state index contributed by atoms with van der Waals surface area (Å²) >= 11 is 0. The monoisotopic (exact) mass is 492 g/mol. The first-order chi connectivity index (χ1) is 16.6. The summed E-state index contributed by atoms with van der Waals surface area (Å²) < 4.78 is 5.29. The van der Waals surface area contributed by atoms with Gasteiger partial charge in [0, 0.05) is 19.6 Å². The molecule has 1 aromatic carbocycles. The second-order valence-electron chi connectivity index (χ2n) is 7.95. The van der Waals surface area contributed by atoms with Gasteiger partial charge in [-0.25, -0.2) is 9.59 Å². The first-order valence-electron chi connectivity index (χ1n) is 10.8. The quantitative estimate of drug-likeness (QED) is 0.167. The Hall–Kier alpha value is -3.69. The van der Waals surface area contributed by atoms with E-state index in [2.05, 4.69) is 10.6 Å². The molecule has 6 N–H and O–H groups in total. The second-order valence-corrected chi connectivity index (χ2v) is 7.95. The SMILES string of the molecule is CCN1CCN(C(=O)NC(C(=O)N[C@H]2Cc3cccc(C(=O)O)c3OB2O)C(O)CO)C(=O)C1=O. The Morgan fingerprint density at radius 2 is 1.94 bits per heavy atom. The van der Waals surface area contributed by atoms with Gasteiger partial charge in [-0.1, -0.05) is 12.1 Å². The fraction of sp³-hybridized carbons (Fsp3) is 0.450. The van der Waals surface area contributed by atoms with E-state index in [9.17, 15) is 44.3 Å². The largest absolute Gasteiger partial charge is 0.547 e. The number of carbonyl (C=O) groups excluding carboxylic acids is 4. The minimum atomic E-state index is -1.78. The number of hydrogen-bond donors (Lipinski definition) is 6. The third-order valence-electron chi connectivity index (χ3n) is 5.75. The minimum absolute atomic E-state index is 0.0365. The van der Waals surface area contributed by atoms with E-state index >= 15 is 0 Å². The molecule has 3 rings (SSSR count). The number of likely N-dealkylation sites (N-methyl/N-ethyl adjacent to an activating group) is 1. The number of amides is 5. The van der Waals surface area contributed by atoms with Gasteiger partial charge in [-0.05, 0) is 25.0 Å². The highest BCUT2D eigenvalue weighted by molar-refractivity contribution is 6.47. The molecule has 0 bridgehead atoms. The van der Waals surface area contributed by atoms with Crippen LogP contribution in [0.25, 0.3) is 0 Å². The fourth-order valence-corrected chi connectivity index (χ4v) is 3.81. The average Bonchev–Trinajstić information content (AvgIpc) is 2.83. The van der Waals surface area contributed by atoms with Gasteiger partial charge in [-0.3, -0.25) is 19.3 Å². The molecule has 1 saturated heterocycles. The number of aliphatic hydroxyl groups excluding tert-OH is 2. The molecule has 1 aromatic rings. The first kappa shape index (κ1) is 25.9. The van der Waals surface area contributed by atoms with E-state index in [1.54, 1.807) is 13.0 Å². The number of aromatic carboxylic acids is 1. The predicted octanol–water partition coefficient (Wildman–Crippen LogP) is -3.05. The highest BCUT2D eigenvalue weighted by Gasteiger charge is 2.41. The Balaban J connectivity index is 1.72. The summed E-state index contributed by atoms with van der Waals surface area (Å²) in [5.41, 5.74) is 0.219. The zero-order valence-electron chi connectivity index (χ0n) is 18.7. The molecule has 1 fully saturated rings. The number of para-hydroxylation sites is 1. The lowest BCUT2D eigenvalue weighted by Crippen LogP contribution is -2.64. The molecule has 0 aromatic heterocycles. The van der Waals surface area contributed by atoms with E-state index in [4.69, 9.17) is 4.65 Å². The van der Waals surface area contributed by atoms with Gasteiger partial charge in [-0.15, -0.1) is 0 Å². The molecule has 2 unspecified atom stereocenters. The number of fused-ring (bicyclic) bond motifs is 1. The predicted molar refractivity (Wildman–Crippen MR) is 117 cm³/mol. The van der Waals surface area contributed by atoms with Crippen molar-refractivity contribution in [3.05, 3.63) is 29.3 Å². The van der Waals surface area contributed by atoms with Gasteiger partial charge in [0.25, 0.3) is 0 Å². The summed E-state index contributed by atoms with van der Waals surface area (Å²) in [6.07, 6.45) is -1.82. The Bertz CT molecular complexity index is 1040. The third kappa shape index (κ3) is 5.36. The summed E-state index contributed by atoms with van der Waals surface area (Å²) in [5, 5.41) is 43.6.